The monoisotopic (exact) mass is 259 g/mol. The van der Waals surface area contributed by atoms with Gasteiger partial charge in [-0.25, -0.2) is 0 Å². The maximum Gasteiger partial charge on any atom is 0.161 e. The number of furan rings is 1. The molecule has 0 amide bonds. The van der Waals surface area contributed by atoms with Gasteiger partial charge in [-0.2, -0.15) is 0 Å². The molecule has 1 aliphatic carbocycles. The second-order valence-electron chi connectivity index (χ2n) is 4.89. The Morgan fingerprint density at radius 1 is 1.42 bits per heavy atom. The number of nitrogens with one attached hydrogen (secondary N) is 1. The third kappa shape index (κ3) is 1.86. The van der Waals surface area contributed by atoms with Crippen molar-refractivity contribution in [2.75, 3.05) is 6.54 Å². The molecule has 3 rings (SSSR count). The van der Waals surface area contributed by atoms with Crippen molar-refractivity contribution < 1.29 is 9.21 Å². The maximum atomic E-state index is 12.3. The normalized spacial score (nSPS) is 23.4. The van der Waals surface area contributed by atoms with E-state index in [9.17, 15) is 4.79 Å². The predicted molar refractivity (Wildman–Crippen MR) is 70.7 cm³/mol. The number of allylic oxidation sites excluding steroid dienone is 2. The van der Waals surface area contributed by atoms with Crippen LogP contribution in [0.15, 0.2) is 45.5 Å². The van der Waals surface area contributed by atoms with Crippen molar-refractivity contribution in [1.29, 1.82) is 0 Å². The van der Waals surface area contributed by atoms with E-state index in [-0.39, 0.29) is 11.7 Å². The fourth-order valence-electron chi connectivity index (χ4n) is 2.90. The Labute approximate surface area is 111 Å². The van der Waals surface area contributed by atoms with Gasteiger partial charge in [-0.1, -0.05) is 0 Å². The third-order valence-electron chi connectivity index (χ3n) is 3.77. The first-order valence-corrected chi connectivity index (χ1v) is 6.47. The second-order valence-corrected chi connectivity index (χ2v) is 4.89. The highest BCUT2D eigenvalue weighted by atomic mass is 16.3. The number of dihydropyridines is 1. The van der Waals surface area contributed by atoms with Gasteiger partial charge in [0.1, 0.15) is 11.6 Å². The van der Waals surface area contributed by atoms with Gasteiger partial charge in [0.15, 0.2) is 5.78 Å². The van der Waals surface area contributed by atoms with Crippen molar-refractivity contribution in [2.24, 2.45) is 11.5 Å². The lowest BCUT2D eigenvalue weighted by molar-refractivity contribution is -0.116. The van der Waals surface area contributed by atoms with Crippen molar-refractivity contribution in [2.45, 2.75) is 25.2 Å². The summed E-state index contributed by atoms with van der Waals surface area (Å²) in [5.74, 6) is 1.21. The summed E-state index contributed by atoms with van der Waals surface area (Å²) < 4.78 is 5.49. The lowest BCUT2D eigenvalue weighted by Gasteiger charge is -2.33. The zero-order valence-corrected chi connectivity index (χ0v) is 10.6. The lowest BCUT2D eigenvalue weighted by atomic mass is 9.78. The topological polar surface area (TPSA) is 94.3 Å². The Hall–Kier alpha value is -2.01. The maximum absolute atomic E-state index is 12.3. The first-order valence-electron chi connectivity index (χ1n) is 6.47. The fraction of sp³-hybridized carbons (Fsp3) is 0.357. The van der Waals surface area contributed by atoms with Gasteiger partial charge in [-0.15, -0.1) is 0 Å². The molecule has 2 aliphatic rings. The summed E-state index contributed by atoms with van der Waals surface area (Å²) >= 11 is 0. The number of rotatable bonds is 2. The Bertz CT molecular complexity index is 570. The summed E-state index contributed by atoms with van der Waals surface area (Å²) in [4.78, 5) is 12.3. The number of hydrogen-bond donors (Lipinski definition) is 3. The van der Waals surface area contributed by atoms with E-state index in [1.54, 1.807) is 6.26 Å². The Morgan fingerprint density at radius 2 is 2.26 bits per heavy atom. The molecule has 0 aromatic carbocycles. The lowest BCUT2D eigenvalue weighted by Crippen LogP contribution is -2.37. The molecule has 5 N–H and O–H groups in total. The molecule has 1 aliphatic heterocycles. The molecule has 0 spiro atoms. The minimum atomic E-state index is -0.232. The first-order chi connectivity index (χ1) is 9.22. The molecular weight excluding hydrogens is 242 g/mol. The second kappa shape index (κ2) is 4.59. The minimum Gasteiger partial charge on any atom is -0.468 e. The van der Waals surface area contributed by atoms with Crippen molar-refractivity contribution in [3.05, 3.63) is 46.8 Å². The van der Waals surface area contributed by atoms with E-state index in [0.29, 0.717) is 18.8 Å². The summed E-state index contributed by atoms with van der Waals surface area (Å²) in [5, 5.41) is 3.14. The van der Waals surface area contributed by atoms with E-state index in [4.69, 9.17) is 15.9 Å². The number of nitrogens with two attached hydrogens (primary N) is 2. The summed E-state index contributed by atoms with van der Waals surface area (Å²) in [6.07, 6.45) is 3.89. The van der Waals surface area contributed by atoms with Crippen molar-refractivity contribution in [3.63, 3.8) is 0 Å². The van der Waals surface area contributed by atoms with Gasteiger partial charge in [0, 0.05) is 24.2 Å². The zero-order valence-electron chi connectivity index (χ0n) is 10.6. The Morgan fingerprint density at radius 3 is 2.95 bits per heavy atom. The summed E-state index contributed by atoms with van der Waals surface area (Å²) in [6, 6.07) is 3.68. The molecule has 19 heavy (non-hydrogen) atoms. The van der Waals surface area contributed by atoms with Crippen molar-refractivity contribution in [1.82, 2.24) is 5.32 Å². The van der Waals surface area contributed by atoms with Gasteiger partial charge in [0.2, 0.25) is 0 Å². The van der Waals surface area contributed by atoms with Gasteiger partial charge in [-0.05, 0) is 30.5 Å². The number of carbonyl (C=O) groups is 1. The van der Waals surface area contributed by atoms with Crippen LogP contribution in [0, 0.1) is 0 Å². The molecule has 1 atom stereocenters. The molecule has 1 aromatic rings. The molecule has 2 heterocycles. The van der Waals surface area contributed by atoms with Crippen LogP contribution in [0.1, 0.15) is 30.9 Å². The van der Waals surface area contributed by atoms with Gasteiger partial charge >= 0.3 is 0 Å². The molecule has 100 valence electrons. The smallest absolute Gasteiger partial charge is 0.161 e. The molecule has 5 heteroatoms. The van der Waals surface area contributed by atoms with E-state index in [1.807, 2.05) is 12.1 Å². The van der Waals surface area contributed by atoms with Crippen LogP contribution in [-0.2, 0) is 4.79 Å². The molecule has 1 unspecified atom stereocenters. The SMILES string of the molecule is NCC1=C(N)NC2=C(C(=O)CCC2)C1c1ccco1. The highest BCUT2D eigenvalue weighted by Gasteiger charge is 2.36. The first kappa shape index (κ1) is 12.0. The summed E-state index contributed by atoms with van der Waals surface area (Å²) in [6.45, 7) is 0.300. The fourth-order valence-corrected chi connectivity index (χ4v) is 2.90. The number of hydrogen-bond acceptors (Lipinski definition) is 5. The molecule has 5 nitrogen and oxygen atoms in total. The largest absolute Gasteiger partial charge is 0.468 e. The number of Topliss-reactive ketones (excluding diaryl/α,β-unsaturated/α-hetero) is 1. The number of carbonyl (C=O) groups excluding carboxylic acids is 1. The molecule has 0 bridgehead atoms. The van der Waals surface area contributed by atoms with E-state index >= 15 is 0 Å². The van der Waals surface area contributed by atoms with E-state index < -0.39 is 0 Å². The number of ketones is 1. The van der Waals surface area contributed by atoms with Crippen LogP contribution in [0.25, 0.3) is 0 Å². The van der Waals surface area contributed by atoms with Crippen LogP contribution in [-0.4, -0.2) is 12.3 Å². The van der Waals surface area contributed by atoms with Gasteiger partial charge < -0.3 is 21.2 Å². The van der Waals surface area contributed by atoms with Crippen molar-refractivity contribution >= 4 is 5.78 Å². The standard InChI is InChI=1S/C14H17N3O2/c15-7-8-12(11-5-2-6-19-11)13-9(17-14(8)16)3-1-4-10(13)18/h2,5-6,12,17H,1,3-4,7,15-16H2. The highest BCUT2D eigenvalue weighted by Crippen LogP contribution is 2.40. The molecule has 1 aromatic heterocycles. The average Bonchev–Trinajstić information content (AvgIpc) is 2.91. The van der Waals surface area contributed by atoms with Gasteiger partial charge in [0.25, 0.3) is 0 Å². The van der Waals surface area contributed by atoms with Gasteiger partial charge in [0.05, 0.1) is 12.2 Å². The third-order valence-corrected chi connectivity index (χ3v) is 3.77. The van der Waals surface area contributed by atoms with Crippen LogP contribution in [0.3, 0.4) is 0 Å². The Balaban J connectivity index is 2.14. The van der Waals surface area contributed by atoms with E-state index in [0.717, 1.165) is 35.4 Å². The predicted octanol–water partition coefficient (Wildman–Crippen LogP) is 1.10. The van der Waals surface area contributed by atoms with Crippen LogP contribution < -0.4 is 16.8 Å². The van der Waals surface area contributed by atoms with Crippen LogP contribution in [0.2, 0.25) is 0 Å². The summed E-state index contributed by atoms with van der Waals surface area (Å²) in [7, 11) is 0. The molecule has 0 fully saturated rings. The van der Waals surface area contributed by atoms with Crippen LogP contribution >= 0.6 is 0 Å². The molecule has 0 radical (unpaired) electrons. The van der Waals surface area contributed by atoms with Crippen LogP contribution in [0.4, 0.5) is 0 Å². The van der Waals surface area contributed by atoms with Crippen LogP contribution in [0.5, 0.6) is 0 Å². The highest BCUT2D eigenvalue weighted by molar-refractivity contribution is 5.99. The average molecular weight is 259 g/mol. The molecule has 0 saturated carbocycles. The molecular formula is C14H17N3O2. The molecule has 0 saturated heterocycles. The van der Waals surface area contributed by atoms with Crippen molar-refractivity contribution in [3.8, 4) is 0 Å². The van der Waals surface area contributed by atoms with E-state index in [2.05, 4.69) is 5.32 Å². The quantitative estimate of drug-likeness (QED) is 0.739. The Kier molecular flexibility index (Phi) is 2.91. The zero-order chi connectivity index (χ0) is 13.4. The minimum absolute atomic E-state index is 0.161. The van der Waals surface area contributed by atoms with Gasteiger partial charge in [-0.3, -0.25) is 4.79 Å². The summed E-state index contributed by atoms with van der Waals surface area (Å²) in [5.41, 5.74) is 14.4. The van der Waals surface area contributed by atoms with E-state index in [1.165, 1.54) is 0 Å².